The van der Waals surface area contributed by atoms with Crippen LogP contribution in [0, 0.1) is 6.92 Å². The first-order chi connectivity index (χ1) is 14.1. The van der Waals surface area contributed by atoms with Crippen molar-refractivity contribution in [3.8, 4) is 17.1 Å². The quantitative estimate of drug-likeness (QED) is 0.495. The molecule has 0 aliphatic heterocycles. The van der Waals surface area contributed by atoms with E-state index in [0.717, 1.165) is 21.9 Å². The van der Waals surface area contributed by atoms with Crippen LogP contribution in [0.3, 0.4) is 0 Å². The summed E-state index contributed by atoms with van der Waals surface area (Å²) in [6, 6.07) is 21.6. The zero-order valence-corrected chi connectivity index (χ0v) is 16.3. The maximum atomic E-state index is 12.4. The maximum Gasteiger partial charge on any atom is 0.260 e. The van der Waals surface area contributed by atoms with E-state index in [1.54, 1.807) is 7.05 Å². The molecule has 0 spiro atoms. The topological polar surface area (TPSA) is 68.5 Å². The Balaban J connectivity index is 1.35. The number of benzene rings is 3. The third-order valence-corrected chi connectivity index (χ3v) is 4.66. The molecule has 4 rings (SSSR count). The Labute approximate surface area is 168 Å². The predicted octanol–water partition coefficient (Wildman–Crippen LogP) is 4.24. The van der Waals surface area contributed by atoms with Gasteiger partial charge in [0.15, 0.2) is 6.61 Å². The van der Waals surface area contributed by atoms with Gasteiger partial charge in [-0.25, -0.2) is 0 Å². The number of amides is 1. The summed E-state index contributed by atoms with van der Waals surface area (Å²) < 4.78 is 10.9. The van der Waals surface area contributed by atoms with E-state index in [4.69, 9.17) is 9.26 Å². The molecule has 4 aromatic rings. The summed E-state index contributed by atoms with van der Waals surface area (Å²) >= 11 is 0. The summed E-state index contributed by atoms with van der Waals surface area (Å²) in [5, 5.41) is 6.19. The first kappa shape index (κ1) is 18.7. The van der Waals surface area contributed by atoms with E-state index in [2.05, 4.69) is 10.1 Å². The number of aryl methyl sites for hydroxylation is 1. The van der Waals surface area contributed by atoms with Gasteiger partial charge in [0.25, 0.3) is 5.91 Å². The van der Waals surface area contributed by atoms with Gasteiger partial charge in [0.2, 0.25) is 11.7 Å². The highest BCUT2D eigenvalue weighted by molar-refractivity contribution is 5.84. The summed E-state index contributed by atoms with van der Waals surface area (Å²) in [6.07, 6.45) is 0. The molecule has 146 valence electrons. The molecule has 0 aliphatic rings. The Kier molecular flexibility index (Phi) is 5.24. The molecule has 0 saturated heterocycles. The largest absolute Gasteiger partial charge is 0.484 e. The van der Waals surface area contributed by atoms with Crippen LogP contribution in [0.25, 0.3) is 22.2 Å². The summed E-state index contributed by atoms with van der Waals surface area (Å²) in [5.74, 6) is 1.37. The van der Waals surface area contributed by atoms with Crippen molar-refractivity contribution in [2.75, 3.05) is 13.7 Å². The molecule has 1 amide bonds. The molecule has 6 nitrogen and oxygen atoms in total. The third kappa shape index (κ3) is 4.43. The van der Waals surface area contributed by atoms with E-state index in [-0.39, 0.29) is 19.1 Å². The Bertz CT molecular complexity index is 1140. The number of carbonyl (C=O) groups is 1. The molecule has 6 heteroatoms. The van der Waals surface area contributed by atoms with Gasteiger partial charge in [-0.05, 0) is 29.8 Å². The van der Waals surface area contributed by atoms with E-state index in [0.29, 0.717) is 17.5 Å². The molecule has 0 N–H and O–H groups in total. The molecule has 0 atom stereocenters. The van der Waals surface area contributed by atoms with Gasteiger partial charge in [0.05, 0.1) is 6.54 Å². The zero-order chi connectivity index (χ0) is 20.2. The molecule has 1 aromatic heterocycles. The number of likely N-dealkylation sites (N-methyl/N-ethyl adjacent to an activating group) is 1. The van der Waals surface area contributed by atoms with Crippen LogP contribution >= 0.6 is 0 Å². The standard InChI is InChI=1S/C23H21N3O3/c1-16-7-9-18(10-8-16)23-24-21(29-25-23)14-26(2)22(27)15-28-20-12-11-17-5-3-4-6-19(17)13-20/h3-13H,14-15H2,1-2H3. The number of hydrogen-bond donors (Lipinski definition) is 0. The fourth-order valence-corrected chi connectivity index (χ4v) is 2.94. The van der Waals surface area contributed by atoms with Crippen LogP contribution in [-0.2, 0) is 11.3 Å². The van der Waals surface area contributed by atoms with Crippen molar-refractivity contribution in [1.29, 1.82) is 0 Å². The van der Waals surface area contributed by atoms with Crippen molar-refractivity contribution in [3.05, 3.63) is 78.2 Å². The summed E-state index contributed by atoms with van der Waals surface area (Å²) in [5.41, 5.74) is 2.04. The number of fused-ring (bicyclic) bond motifs is 1. The van der Waals surface area contributed by atoms with Crippen LogP contribution in [0.5, 0.6) is 5.75 Å². The third-order valence-electron chi connectivity index (χ3n) is 4.66. The second-order valence-corrected chi connectivity index (χ2v) is 6.93. The van der Waals surface area contributed by atoms with Gasteiger partial charge >= 0.3 is 0 Å². The fraction of sp³-hybridized carbons (Fsp3) is 0.174. The SMILES string of the molecule is Cc1ccc(-c2noc(CN(C)C(=O)COc3ccc4ccccc4c3)n2)cc1. The smallest absolute Gasteiger partial charge is 0.260 e. The lowest BCUT2D eigenvalue weighted by atomic mass is 10.1. The Morgan fingerprint density at radius 1 is 1.03 bits per heavy atom. The lowest BCUT2D eigenvalue weighted by molar-refractivity contribution is -0.132. The van der Waals surface area contributed by atoms with Crippen LogP contribution in [0.15, 0.2) is 71.3 Å². The van der Waals surface area contributed by atoms with E-state index >= 15 is 0 Å². The molecule has 3 aromatic carbocycles. The molecule has 1 heterocycles. The number of rotatable bonds is 6. The Morgan fingerprint density at radius 2 is 1.79 bits per heavy atom. The number of aromatic nitrogens is 2. The molecule has 0 unspecified atom stereocenters. The van der Waals surface area contributed by atoms with E-state index in [9.17, 15) is 4.79 Å². The predicted molar refractivity (Wildman–Crippen MR) is 110 cm³/mol. The minimum absolute atomic E-state index is 0.0617. The lowest BCUT2D eigenvalue weighted by Gasteiger charge is -2.15. The average molecular weight is 387 g/mol. The van der Waals surface area contributed by atoms with E-state index < -0.39 is 0 Å². The lowest BCUT2D eigenvalue weighted by Crippen LogP contribution is -2.31. The van der Waals surface area contributed by atoms with Gasteiger partial charge in [-0.2, -0.15) is 4.98 Å². The molecule has 0 saturated carbocycles. The number of carbonyl (C=O) groups excluding carboxylic acids is 1. The molecule has 29 heavy (non-hydrogen) atoms. The second-order valence-electron chi connectivity index (χ2n) is 6.93. The van der Waals surface area contributed by atoms with Crippen LogP contribution in [-0.4, -0.2) is 34.6 Å². The second kappa shape index (κ2) is 8.14. The van der Waals surface area contributed by atoms with Crippen molar-refractivity contribution in [2.45, 2.75) is 13.5 Å². The highest BCUT2D eigenvalue weighted by Gasteiger charge is 2.15. The van der Waals surface area contributed by atoms with Crippen LogP contribution in [0.1, 0.15) is 11.5 Å². The first-order valence-corrected chi connectivity index (χ1v) is 9.34. The summed E-state index contributed by atoms with van der Waals surface area (Å²) in [6.45, 7) is 2.18. The molecule has 0 bridgehead atoms. The minimum atomic E-state index is -0.173. The highest BCUT2D eigenvalue weighted by Crippen LogP contribution is 2.21. The van der Waals surface area contributed by atoms with Crippen molar-refractivity contribution in [2.24, 2.45) is 0 Å². The van der Waals surface area contributed by atoms with Crippen LogP contribution in [0.2, 0.25) is 0 Å². The van der Waals surface area contributed by atoms with Gasteiger partial charge in [0.1, 0.15) is 5.75 Å². The van der Waals surface area contributed by atoms with Crippen molar-refractivity contribution in [3.63, 3.8) is 0 Å². The van der Waals surface area contributed by atoms with Crippen LogP contribution < -0.4 is 4.74 Å². The van der Waals surface area contributed by atoms with Gasteiger partial charge < -0.3 is 14.2 Å². The minimum Gasteiger partial charge on any atom is -0.484 e. The molecular formula is C23H21N3O3. The van der Waals surface area contributed by atoms with Gasteiger partial charge in [-0.1, -0.05) is 65.3 Å². The maximum absolute atomic E-state index is 12.4. The van der Waals surface area contributed by atoms with E-state index in [1.165, 1.54) is 4.90 Å². The normalized spacial score (nSPS) is 10.8. The van der Waals surface area contributed by atoms with Crippen LogP contribution in [0.4, 0.5) is 0 Å². The molecule has 0 fully saturated rings. The van der Waals surface area contributed by atoms with Gasteiger partial charge in [0, 0.05) is 12.6 Å². The summed E-state index contributed by atoms with van der Waals surface area (Å²) in [4.78, 5) is 18.3. The number of nitrogens with zero attached hydrogens (tertiary/aromatic N) is 3. The molecular weight excluding hydrogens is 366 g/mol. The molecule has 0 radical (unpaired) electrons. The summed E-state index contributed by atoms with van der Waals surface area (Å²) in [7, 11) is 1.68. The monoisotopic (exact) mass is 387 g/mol. The van der Waals surface area contributed by atoms with E-state index in [1.807, 2.05) is 73.7 Å². The van der Waals surface area contributed by atoms with Crippen molar-refractivity contribution >= 4 is 16.7 Å². The average Bonchev–Trinajstić information content (AvgIpc) is 3.20. The van der Waals surface area contributed by atoms with Gasteiger partial charge in [-0.15, -0.1) is 0 Å². The van der Waals surface area contributed by atoms with Crippen molar-refractivity contribution in [1.82, 2.24) is 15.0 Å². The number of ether oxygens (including phenoxy) is 1. The van der Waals surface area contributed by atoms with Gasteiger partial charge in [-0.3, -0.25) is 4.79 Å². The Hall–Kier alpha value is -3.67. The Morgan fingerprint density at radius 3 is 2.59 bits per heavy atom. The van der Waals surface area contributed by atoms with Crippen molar-refractivity contribution < 1.29 is 14.1 Å². The molecule has 0 aliphatic carbocycles. The fourth-order valence-electron chi connectivity index (χ4n) is 2.94. The first-order valence-electron chi connectivity index (χ1n) is 9.34. The zero-order valence-electron chi connectivity index (χ0n) is 16.3. The number of hydrogen-bond acceptors (Lipinski definition) is 5. The highest BCUT2D eigenvalue weighted by atomic mass is 16.5.